The molecule has 1 aliphatic rings. The SMILES string of the molecule is Cn1c(=O)n(CCC(=O)OCC(=O)NC2CCCCCC2)c2ccccc21. The molecule has 7 heteroatoms. The molecule has 1 N–H and O–H groups in total. The molecule has 1 saturated carbocycles. The van der Waals surface area contributed by atoms with E-state index in [2.05, 4.69) is 5.32 Å². The Labute approximate surface area is 158 Å². The Hall–Kier alpha value is -2.57. The minimum atomic E-state index is -0.481. The van der Waals surface area contributed by atoms with Gasteiger partial charge in [-0.1, -0.05) is 37.8 Å². The molecule has 0 aliphatic heterocycles. The number of nitrogens with one attached hydrogen (secondary N) is 1. The Bertz CT molecular complexity index is 860. The van der Waals surface area contributed by atoms with E-state index in [0.29, 0.717) is 0 Å². The maximum atomic E-state index is 12.3. The van der Waals surface area contributed by atoms with Crippen molar-refractivity contribution in [2.24, 2.45) is 7.05 Å². The topological polar surface area (TPSA) is 82.3 Å². The molecule has 0 unspecified atom stereocenters. The van der Waals surface area contributed by atoms with Crippen LogP contribution in [0.3, 0.4) is 0 Å². The van der Waals surface area contributed by atoms with Gasteiger partial charge in [0, 0.05) is 19.6 Å². The first kappa shape index (κ1) is 19.2. The van der Waals surface area contributed by atoms with Crippen LogP contribution in [0.1, 0.15) is 44.9 Å². The Balaban J connectivity index is 1.48. The molecule has 1 heterocycles. The summed E-state index contributed by atoms with van der Waals surface area (Å²) in [6, 6.07) is 7.63. The highest BCUT2D eigenvalue weighted by molar-refractivity contribution is 5.81. The van der Waals surface area contributed by atoms with E-state index in [4.69, 9.17) is 4.74 Å². The molecule has 0 bridgehead atoms. The number of carbonyl (C=O) groups is 2. The van der Waals surface area contributed by atoms with Gasteiger partial charge in [0.1, 0.15) is 0 Å². The summed E-state index contributed by atoms with van der Waals surface area (Å²) in [5.74, 6) is -0.733. The number of rotatable bonds is 6. The highest BCUT2D eigenvalue weighted by atomic mass is 16.5. The third-order valence-electron chi connectivity index (χ3n) is 5.18. The van der Waals surface area contributed by atoms with Crippen molar-refractivity contribution in [1.29, 1.82) is 0 Å². The maximum absolute atomic E-state index is 12.3. The highest BCUT2D eigenvalue weighted by Gasteiger charge is 2.16. The molecular weight excluding hydrogens is 346 g/mol. The first-order valence-corrected chi connectivity index (χ1v) is 9.65. The highest BCUT2D eigenvalue weighted by Crippen LogP contribution is 2.17. The van der Waals surface area contributed by atoms with E-state index < -0.39 is 5.97 Å². The average Bonchev–Trinajstić information content (AvgIpc) is 2.84. The van der Waals surface area contributed by atoms with Crippen molar-refractivity contribution in [3.8, 4) is 0 Å². The number of hydrogen-bond donors (Lipinski definition) is 1. The fourth-order valence-electron chi connectivity index (χ4n) is 3.69. The molecular formula is C20H27N3O4. The molecule has 1 aromatic carbocycles. The molecule has 27 heavy (non-hydrogen) atoms. The Morgan fingerprint density at radius 1 is 1.11 bits per heavy atom. The second-order valence-corrected chi connectivity index (χ2v) is 7.15. The summed E-state index contributed by atoms with van der Waals surface area (Å²) >= 11 is 0. The molecule has 1 fully saturated rings. The number of aromatic nitrogens is 2. The number of nitrogens with zero attached hydrogens (tertiary/aromatic N) is 2. The van der Waals surface area contributed by atoms with Gasteiger partial charge in [-0.15, -0.1) is 0 Å². The van der Waals surface area contributed by atoms with Gasteiger partial charge in [-0.3, -0.25) is 18.7 Å². The number of imidazole rings is 1. The van der Waals surface area contributed by atoms with E-state index in [1.54, 1.807) is 16.2 Å². The standard InChI is InChI=1S/C20H27N3O4/c1-22-16-10-6-7-11-17(16)23(20(22)26)13-12-19(25)27-14-18(24)21-15-8-4-2-3-5-9-15/h6-7,10-11,15H,2-5,8-9,12-14H2,1H3,(H,21,24). The van der Waals surface area contributed by atoms with Gasteiger partial charge in [-0.2, -0.15) is 0 Å². The lowest BCUT2D eigenvalue weighted by Crippen LogP contribution is -2.37. The van der Waals surface area contributed by atoms with Crippen LogP contribution >= 0.6 is 0 Å². The van der Waals surface area contributed by atoms with Crippen molar-refractivity contribution >= 4 is 22.9 Å². The molecule has 0 radical (unpaired) electrons. The zero-order chi connectivity index (χ0) is 19.2. The molecule has 1 amide bonds. The number of esters is 1. The van der Waals surface area contributed by atoms with Gasteiger partial charge in [-0.05, 0) is 25.0 Å². The number of para-hydroxylation sites is 2. The average molecular weight is 373 g/mol. The van der Waals surface area contributed by atoms with Gasteiger partial charge < -0.3 is 10.1 Å². The molecule has 2 aromatic rings. The summed E-state index contributed by atoms with van der Waals surface area (Å²) in [6.45, 7) is -0.0387. The summed E-state index contributed by atoms with van der Waals surface area (Å²) in [5, 5.41) is 2.95. The largest absolute Gasteiger partial charge is 0.456 e. The summed E-state index contributed by atoms with van der Waals surface area (Å²) < 4.78 is 8.20. The molecule has 0 atom stereocenters. The molecule has 7 nitrogen and oxygen atoms in total. The van der Waals surface area contributed by atoms with E-state index in [1.165, 1.54) is 12.8 Å². The van der Waals surface area contributed by atoms with E-state index >= 15 is 0 Å². The normalized spacial score (nSPS) is 15.4. The van der Waals surface area contributed by atoms with Crippen LogP contribution in [0.25, 0.3) is 11.0 Å². The Kier molecular flexibility index (Phi) is 6.32. The zero-order valence-electron chi connectivity index (χ0n) is 15.8. The summed E-state index contributed by atoms with van der Waals surface area (Å²) in [7, 11) is 1.71. The lowest BCUT2D eigenvalue weighted by molar-refractivity contribution is -0.149. The Morgan fingerprint density at radius 2 is 1.78 bits per heavy atom. The summed E-state index contributed by atoms with van der Waals surface area (Å²) in [5.41, 5.74) is 1.43. The fraction of sp³-hybridized carbons (Fsp3) is 0.550. The maximum Gasteiger partial charge on any atom is 0.328 e. The lowest BCUT2D eigenvalue weighted by atomic mass is 10.1. The summed E-state index contributed by atoms with van der Waals surface area (Å²) in [6.07, 6.45) is 6.72. The van der Waals surface area contributed by atoms with Crippen molar-refractivity contribution in [3.05, 3.63) is 34.7 Å². The van der Waals surface area contributed by atoms with Crippen molar-refractivity contribution in [1.82, 2.24) is 14.5 Å². The Morgan fingerprint density at radius 3 is 2.48 bits per heavy atom. The van der Waals surface area contributed by atoms with Crippen LogP contribution in [0.2, 0.25) is 0 Å². The van der Waals surface area contributed by atoms with Crippen LogP contribution < -0.4 is 11.0 Å². The zero-order valence-corrected chi connectivity index (χ0v) is 15.8. The van der Waals surface area contributed by atoms with E-state index in [0.717, 1.165) is 36.7 Å². The van der Waals surface area contributed by atoms with Crippen LogP contribution in [0.4, 0.5) is 0 Å². The molecule has 146 valence electrons. The molecule has 1 aromatic heterocycles. The van der Waals surface area contributed by atoms with Crippen LogP contribution in [0.15, 0.2) is 29.1 Å². The first-order valence-electron chi connectivity index (χ1n) is 9.65. The van der Waals surface area contributed by atoms with Gasteiger partial charge in [0.05, 0.1) is 17.5 Å². The van der Waals surface area contributed by atoms with E-state index in [-0.39, 0.29) is 37.2 Å². The van der Waals surface area contributed by atoms with Gasteiger partial charge in [0.15, 0.2) is 6.61 Å². The van der Waals surface area contributed by atoms with Crippen LogP contribution in [-0.2, 0) is 27.9 Å². The number of benzene rings is 1. The number of amides is 1. The predicted octanol–water partition coefficient (Wildman–Crippen LogP) is 2.11. The van der Waals surface area contributed by atoms with Crippen LogP contribution in [0.5, 0.6) is 0 Å². The third-order valence-corrected chi connectivity index (χ3v) is 5.18. The van der Waals surface area contributed by atoms with Gasteiger partial charge >= 0.3 is 11.7 Å². The van der Waals surface area contributed by atoms with Crippen molar-refractivity contribution in [2.75, 3.05) is 6.61 Å². The smallest absolute Gasteiger partial charge is 0.328 e. The van der Waals surface area contributed by atoms with Crippen molar-refractivity contribution in [3.63, 3.8) is 0 Å². The molecule has 0 spiro atoms. The van der Waals surface area contributed by atoms with E-state index in [9.17, 15) is 14.4 Å². The molecule has 3 rings (SSSR count). The number of fused-ring (bicyclic) bond motifs is 1. The number of hydrogen-bond acceptors (Lipinski definition) is 4. The van der Waals surface area contributed by atoms with Crippen LogP contribution in [0, 0.1) is 0 Å². The number of ether oxygens (including phenoxy) is 1. The van der Waals surface area contributed by atoms with Gasteiger partial charge in [-0.25, -0.2) is 4.79 Å². The lowest BCUT2D eigenvalue weighted by Gasteiger charge is -2.16. The first-order chi connectivity index (χ1) is 13.1. The fourth-order valence-corrected chi connectivity index (χ4v) is 3.69. The third kappa shape index (κ3) is 4.78. The van der Waals surface area contributed by atoms with Crippen molar-refractivity contribution in [2.45, 2.75) is 57.5 Å². The summed E-state index contributed by atoms with van der Waals surface area (Å²) in [4.78, 5) is 36.3. The predicted molar refractivity (Wildman–Crippen MR) is 102 cm³/mol. The second-order valence-electron chi connectivity index (χ2n) is 7.15. The quantitative estimate of drug-likeness (QED) is 0.621. The van der Waals surface area contributed by atoms with Gasteiger partial charge in [0.2, 0.25) is 0 Å². The minimum absolute atomic E-state index is 0.0463. The monoisotopic (exact) mass is 373 g/mol. The van der Waals surface area contributed by atoms with Crippen molar-refractivity contribution < 1.29 is 14.3 Å². The number of aryl methyl sites for hydroxylation is 2. The minimum Gasteiger partial charge on any atom is -0.456 e. The second kappa shape index (κ2) is 8.88. The number of carbonyl (C=O) groups excluding carboxylic acids is 2. The molecule has 0 saturated heterocycles. The van der Waals surface area contributed by atoms with Gasteiger partial charge in [0.25, 0.3) is 5.91 Å². The van der Waals surface area contributed by atoms with Crippen LogP contribution in [-0.4, -0.2) is 33.7 Å². The molecule has 1 aliphatic carbocycles. The van der Waals surface area contributed by atoms with E-state index in [1.807, 2.05) is 24.3 Å².